The Morgan fingerprint density at radius 1 is 1.35 bits per heavy atom. The number of hydrogen-bond donors (Lipinski definition) is 1. The molecule has 1 saturated carbocycles. The molecule has 3 heteroatoms. The van der Waals surface area contributed by atoms with E-state index in [1.54, 1.807) is 7.11 Å². The predicted molar refractivity (Wildman–Crippen MR) is 66.9 cm³/mol. The lowest BCUT2D eigenvalue weighted by Gasteiger charge is -2.40. The van der Waals surface area contributed by atoms with Gasteiger partial charge >= 0.3 is 0 Å². The molecular weight excluding hydrogens is 214 g/mol. The van der Waals surface area contributed by atoms with Crippen molar-refractivity contribution in [1.82, 2.24) is 5.32 Å². The van der Waals surface area contributed by atoms with Crippen LogP contribution in [-0.2, 0) is 14.9 Å². The summed E-state index contributed by atoms with van der Waals surface area (Å²) in [6, 6.07) is 10.1. The maximum absolute atomic E-state index is 12.3. The van der Waals surface area contributed by atoms with Gasteiger partial charge in [0, 0.05) is 13.7 Å². The Morgan fingerprint density at radius 3 is 2.59 bits per heavy atom. The summed E-state index contributed by atoms with van der Waals surface area (Å²) < 4.78 is 4.95. The maximum atomic E-state index is 12.3. The molecule has 0 saturated heterocycles. The molecule has 1 fully saturated rings. The second kappa shape index (κ2) is 5.32. The molecule has 1 aliphatic rings. The Bertz CT molecular complexity index is 371. The SMILES string of the molecule is COCCNC(=O)C1(c2ccccc2)CCC1. The van der Waals surface area contributed by atoms with Crippen LogP contribution in [0.1, 0.15) is 24.8 Å². The molecule has 0 aromatic heterocycles. The highest BCUT2D eigenvalue weighted by Crippen LogP contribution is 2.43. The number of carbonyl (C=O) groups excluding carboxylic acids is 1. The fourth-order valence-electron chi connectivity index (χ4n) is 2.37. The number of nitrogens with one attached hydrogen (secondary N) is 1. The van der Waals surface area contributed by atoms with E-state index in [4.69, 9.17) is 4.74 Å². The molecule has 0 unspecified atom stereocenters. The first-order chi connectivity index (χ1) is 8.29. The highest BCUT2D eigenvalue weighted by atomic mass is 16.5. The summed E-state index contributed by atoms with van der Waals surface area (Å²) in [4.78, 5) is 12.3. The smallest absolute Gasteiger partial charge is 0.230 e. The summed E-state index contributed by atoms with van der Waals surface area (Å²) in [6.45, 7) is 1.15. The zero-order valence-electron chi connectivity index (χ0n) is 10.2. The van der Waals surface area contributed by atoms with Gasteiger partial charge in [0.1, 0.15) is 0 Å². The van der Waals surface area contributed by atoms with Crippen LogP contribution in [0.25, 0.3) is 0 Å². The minimum atomic E-state index is -0.283. The van der Waals surface area contributed by atoms with Gasteiger partial charge in [-0.05, 0) is 18.4 Å². The summed E-state index contributed by atoms with van der Waals surface area (Å²) in [5.74, 6) is 0.145. The molecule has 0 spiro atoms. The average molecular weight is 233 g/mol. The molecule has 2 rings (SSSR count). The molecule has 0 heterocycles. The second-order valence-corrected chi connectivity index (χ2v) is 4.55. The van der Waals surface area contributed by atoms with Gasteiger partial charge in [-0.2, -0.15) is 0 Å². The van der Waals surface area contributed by atoms with E-state index in [0.29, 0.717) is 13.2 Å². The Labute approximate surface area is 102 Å². The fraction of sp³-hybridized carbons (Fsp3) is 0.500. The van der Waals surface area contributed by atoms with E-state index >= 15 is 0 Å². The summed E-state index contributed by atoms with van der Waals surface area (Å²) >= 11 is 0. The largest absolute Gasteiger partial charge is 0.383 e. The first-order valence-electron chi connectivity index (χ1n) is 6.12. The minimum absolute atomic E-state index is 0.145. The van der Waals surface area contributed by atoms with E-state index in [1.165, 1.54) is 0 Å². The van der Waals surface area contributed by atoms with Crippen molar-refractivity contribution in [2.75, 3.05) is 20.3 Å². The third-order valence-electron chi connectivity index (χ3n) is 3.56. The zero-order valence-corrected chi connectivity index (χ0v) is 10.2. The van der Waals surface area contributed by atoms with Crippen molar-refractivity contribution >= 4 is 5.91 Å². The normalized spacial score (nSPS) is 17.2. The Kier molecular flexibility index (Phi) is 3.79. The molecule has 1 aliphatic carbocycles. The number of methoxy groups -OCH3 is 1. The Morgan fingerprint density at radius 2 is 2.06 bits per heavy atom. The van der Waals surface area contributed by atoms with Crippen molar-refractivity contribution in [3.8, 4) is 0 Å². The van der Waals surface area contributed by atoms with Crippen LogP contribution in [0.2, 0.25) is 0 Å². The monoisotopic (exact) mass is 233 g/mol. The lowest BCUT2D eigenvalue weighted by Crippen LogP contribution is -2.49. The van der Waals surface area contributed by atoms with Gasteiger partial charge < -0.3 is 10.1 Å². The van der Waals surface area contributed by atoms with Crippen molar-refractivity contribution in [2.24, 2.45) is 0 Å². The van der Waals surface area contributed by atoms with Crippen LogP contribution in [0.5, 0.6) is 0 Å². The number of hydrogen-bond acceptors (Lipinski definition) is 2. The minimum Gasteiger partial charge on any atom is -0.383 e. The van der Waals surface area contributed by atoms with E-state index in [0.717, 1.165) is 24.8 Å². The van der Waals surface area contributed by atoms with Crippen LogP contribution in [0.4, 0.5) is 0 Å². The first kappa shape index (κ1) is 12.1. The van der Waals surface area contributed by atoms with Gasteiger partial charge in [-0.1, -0.05) is 36.8 Å². The fourth-order valence-corrected chi connectivity index (χ4v) is 2.37. The van der Waals surface area contributed by atoms with Crippen LogP contribution in [-0.4, -0.2) is 26.2 Å². The van der Waals surface area contributed by atoms with Crippen molar-refractivity contribution in [1.29, 1.82) is 0 Å². The van der Waals surface area contributed by atoms with E-state index in [1.807, 2.05) is 18.2 Å². The van der Waals surface area contributed by atoms with Crippen molar-refractivity contribution in [3.05, 3.63) is 35.9 Å². The van der Waals surface area contributed by atoms with Gasteiger partial charge in [-0.25, -0.2) is 0 Å². The molecule has 1 aromatic rings. The van der Waals surface area contributed by atoms with Gasteiger partial charge in [-0.15, -0.1) is 0 Å². The van der Waals surface area contributed by atoms with Crippen LogP contribution >= 0.6 is 0 Å². The van der Waals surface area contributed by atoms with E-state index in [-0.39, 0.29) is 11.3 Å². The third-order valence-corrected chi connectivity index (χ3v) is 3.56. The lowest BCUT2D eigenvalue weighted by atomic mass is 9.64. The molecule has 0 atom stereocenters. The lowest BCUT2D eigenvalue weighted by molar-refractivity contribution is -0.130. The highest BCUT2D eigenvalue weighted by molar-refractivity contribution is 5.89. The number of benzene rings is 1. The Balaban J connectivity index is 2.07. The van der Waals surface area contributed by atoms with E-state index in [2.05, 4.69) is 17.4 Å². The molecule has 1 N–H and O–H groups in total. The summed E-state index contributed by atoms with van der Waals surface area (Å²) in [5.41, 5.74) is 0.857. The van der Waals surface area contributed by atoms with Gasteiger partial charge in [0.15, 0.2) is 0 Å². The molecule has 1 aromatic carbocycles. The quantitative estimate of drug-likeness (QED) is 0.788. The second-order valence-electron chi connectivity index (χ2n) is 4.55. The maximum Gasteiger partial charge on any atom is 0.230 e. The van der Waals surface area contributed by atoms with Gasteiger partial charge in [-0.3, -0.25) is 4.79 Å². The topological polar surface area (TPSA) is 38.3 Å². The number of amides is 1. The molecule has 92 valence electrons. The predicted octanol–water partition coefficient (Wildman–Crippen LogP) is 1.87. The molecule has 0 aliphatic heterocycles. The third kappa shape index (κ3) is 2.34. The molecule has 1 amide bonds. The molecule has 0 bridgehead atoms. The number of rotatable bonds is 5. The Hall–Kier alpha value is -1.35. The van der Waals surface area contributed by atoms with Crippen molar-refractivity contribution in [3.63, 3.8) is 0 Å². The number of ether oxygens (including phenoxy) is 1. The zero-order chi connectivity index (χ0) is 12.1. The van der Waals surface area contributed by atoms with E-state index in [9.17, 15) is 4.79 Å². The molecule has 17 heavy (non-hydrogen) atoms. The van der Waals surface area contributed by atoms with E-state index < -0.39 is 0 Å². The van der Waals surface area contributed by atoms with Crippen LogP contribution in [0.15, 0.2) is 30.3 Å². The van der Waals surface area contributed by atoms with Gasteiger partial charge in [0.25, 0.3) is 0 Å². The standard InChI is InChI=1S/C14H19NO2/c1-17-11-10-15-13(16)14(8-5-9-14)12-6-3-2-4-7-12/h2-4,6-7H,5,8-11H2,1H3,(H,15,16). The molecule has 0 radical (unpaired) electrons. The van der Waals surface area contributed by atoms with Crippen LogP contribution in [0.3, 0.4) is 0 Å². The highest BCUT2D eigenvalue weighted by Gasteiger charge is 2.45. The van der Waals surface area contributed by atoms with Crippen molar-refractivity contribution < 1.29 is 9.53 Å². The first-order valence-corrected chi connectivity index (χ1v) is 6.12. The van der Waals surface area contributed by atoms with Crippen LogP contribution in [0, 0.1) is 0 Å². The van der Waals surface area contributed by atoms with Crippen molar-refractivity contribution in [2.45, 2.75) is 24.7 Å². The summed E-state index contributed by atoms with van der Waals surface area (Å²) in [5, 5.41) is 2.96. The van der Waals surface area contributed by atoms with Gasteiger partial charge in [0.2, 0.25) is 5.91 Å². The molecular formula is C14H19NO2. The number of carbonyl (C=O) groups is 1. The van der Waals surface area contributed by atoms with Crippen LogP contribution < -0.4 is 5.32 Å². The summed E-state index contributed by atoms with van der Waals surface area (Å²) in [6.07, 6.45) is 3.04. The van der Waals surface area contributed by atoms with Gasteiger partial charge in [0.05, 0.1) is 12.0 Å². The molecule has 3 nitrogen and oxygen atoms in total. The average Bonchev–Trinajstić information content (AvgIpc) is 2.29. The summed E-state index contributed by atoms with van der Waals surface area (Å²) in [7, 11) is 1.64.